The molecule has 112 valence electrons. The third-order valence-corrected chi connectivity index (χ3v) is 3.01. The van der Waals surface area contributed by atoms with Crippen molar-refractivity contribution in [3.8, 4) is 0 Å². The highest BCUT2D eigenvalue weighted by atomic mass is 16.4. The summed E-state index contributed by atoms with van der Waals surface area (Å²) in [7, 11) is 0. The molecule has 1 saturated heterocycles. The lowest BCUT2D eigenvalue weighted by Gasteiger charge is -2.34. The Labute approximate surface area is 115 Å². The van der Waals surface area contributed by atoms with E-state index in [0.717, 1.165) is 4.90 Å². The van der Waals surface area contributed by atoms with Gasteiger partial charge in [-0.15, -0.1) is 0 Å². The molecule has 20 heavy (non-hydrogen) atoms. The number of primary amides is 2. The molecule has 0 saturated carbocycles. The van der Waals surface area contributed by atoms with Crippen molar-refractivity contribution in [3.05, 3.63) is 0 Å². The highest BCUT2D eigenvalue weighted by Crippen LogP contribution is 2.17. The van der Waals surface area contributed by atoms with Gasteiger partial charge in [0, 0.05) is 13.1 Å². The van der Waals surface area contributed by atoms with E-state index in [1.807, 2.05) is 0 Å². The number of carbonyl (C=O) groups is 4. The SMILES string of the molecule is NC(=O)CN(CC(N)=O)C(=O)N1CCC[C@@H](C(=O)O)C1. The number of hydrogen-bond donors (Lipinski definition) is 3. The van der Waals surface area contributed by atoms with Gasteiger partial charge < -0.3 is 26.4 Å². The number of carboxylic acid groups (broad SMARTS) is 1. The van der Waals surface area contributed by atoms with E-state index in [2.05, 4.69) is 0 Å². The van der Waals surface area contributed by atoms with Crippen molar-refractivity contribution in [3.63, 3.8) is 0 Å². The van der Waals surface area contributed by atoms with Crippen LogP contribution in [-0.4, -0.2) is 64.9 Å². The number of piperidine rings is 1. The number of urea groups is 1. The maximum Gasteiger partial charge on any atom is 0.320 e. The number of nitrogens with zero attached hydrogens (tertiary/aromatic N) is 2. The summed E-state index contributed by atoms with van der Waals surface area (Å²) in [5.74, 6) is -3.16. The third kappa shape index (κ3) is 4.41. The quantitative estimate of drug-likeness (QED) is 0.544. The fourth-order valence-electron chi connectivity index (χ4n) is 2.12. The normalized spacial score (nSPS) is 18.4. The molecule has 0 aromatic rings. The molecule has 0 aromatic carbocycles. The van der Waals surface area contributed by atoms with Gasteiger partial charge in [0.05, 0.1) is 5.92 Å². The zero-order valence-corrected chi connectivity index (χ0v) is 10.9. The number of aliphatic carboxylic acids is 1. The minimum Gasteiger partial charge on any atom is -0.481 e. The molecule has 0 aromatic heterocycles. The van der Waals surface area contributed by atoms with Crippen LogP contribution in [0.4, 0.5) is 4.79 Å². The molecule has 9 nitrogen and oxygen atoms in total. The van der Waals surface area contributed by atoms with Crippen LogP contribution < -0.4 is 11.5 Å². The van der Waals surface area contributed by atoms with E-state index in [1.165, 1.54) is 4.90 Å². The van der Waals surface area contributed by atoms with Gasteiger partial charge in [-0.3, -0.25) is 14.4 Å². The molecule has 1 aliphatic heterocycles. The van der Waals surface area contributed by atoms with Crippen LogP contribution in [0.5, 0.6) is 0 Å². The number of carbonyl (C=O) groups excluding carboxylic acids is 3. The first-order valence-corrected chi connectivity index (χ1v) is 6.14. The molecular formula is C11H18N4O5. The predicted molar refractivity (Wildman–Crippen MR) is 67.3 cm³/mol. The van der Waals surface area contributed by atoms with Crippen LogP contribution in [0.2, 0.25) is 0 Å². The van der Waals surface area contributed by atoms with Crippen molar-refractivity contribution in [2.45, 2.75) is 12.8 Å². The van der Waals surface area contributed by atoms with E-state index >= 15 is 0 Å². The van der Waals surface area contributed by atoms with Crippen molar-refractivity contribution in [2.24, 2.45) is 17.4 Å². The molecule has 0 radical (unpaired) electrons. The second-order valence-electron chi connectivity index (χ2n) is 4.69. The molecule has 0 unspecified atom stereocenters. The number of rotatable bonds is 5. The molecule has 1 heterocycles. The van der Waals surface area contributed by atoms with Crippen molar-refractivity contribution >= 4 is 23.8 Å². The molecular weight excluding hydrogens is 268 g/mol. The van der Waals surface area contributed by atoms with Crippen LogP contribution in [0.25, 0.3) is 0 Å². The van der Waals surface area contributed by atoms with Crippen LogP contribution in [0, 0.1) is 5.92 Å². The van der Waals surface area contributed by atoms with E-state index in [0.29, 0.717) is 19.4 Å². The average Bonchev–Trinajstić information content (AvgIpc) is 2.36. The summed E-state index contributed by atoms with van der Waals surface area (Å²) in [6, 6.07) is -0.603. The van der Waals surface area contributed by atoms with Gasteiger partial charge in [0.1, 0.15) is 13.1 Å². The fraction of sp³-hybridized carbons (Fsp3) is 0.636. The van der Waals surface area contributed by atoms with E-state index in [1.54, 1.807) is 0 Å². The van der Waals surface area contributed by atoms with Gasteiger partial charge in [-0.2, -0.15) is 0 Å². The Morgan fingerprint density at radius 2 is 1.70 bits per heavy atom. The van der Waals surface area contributed by atoms with E-state index in [-0.39, 0.29) is 6.54 Å². The van der Waals surface area contributed by atoms with Gasteiger partial charge >= 0.3 is 12.0 Å². The fourth-order valence-corrected chi connectivity index (χ4v) is 2.12. The Bertz CT molecular complexity index is 409. The summed E-state index contributed by atoms with van der Waals surface area (Å²) in [5, 5.41) is 8.97. The summed E-state index contributed by atoms with van der Waals surface area (Å²) in [6.07, 6.45) is 1.04. The Morgan fingerprint density at radius 3 is 2.15 bits per heavy atom. The van der Waals surface area contributed by atoms with Gasteiger partial charge in [-0.05, 0) is 12.8 Å². The first-order valence-electron chi connectivity index (χ1n) is 6.14. The molecule has 5 N–H and O–H groups in total. The first-order chi connectivity index (χ1) is 9.31. The average molecular weight is 286 g/mol. The van der Waals surface area contributed by atoms with Crippen LogP contribution in [0.3, 0.4) is 0 Å². The topological polar surface area (TPSA) is 147 Å². The summed E-state index contributed by atoms with van der Waals surface area (Å²) in [6.45, 7) is -0.454. The molecule has 1 atom stereocenters. The van der Waals surface area contributed by atoms with Gasteiger partial charge in [0.2, 0.25) is 11.8 Å². The van der Waals surface area contributed by atoms with E-state index in [4.69, 9.17) is 16.6 Å². The van der Waals surface area contributed by atoms with Gasteiger partial charge in [0.25, 0.3) is 0 Å². The smallest absolute Gasteiger partial charge is 0.320 e. The minimum absolute atomic E-state index is 0.0438. The highest BCUT2D eigenvalue weighted by molar-refractivity contribution is 5.87. The maximum atomic E-state index is 12.2. The third-order valence-electron chi connectivity index (χ3n) is 3.01. The van der Waals surface area contributed by atoms with Crippen LogP contribution in [0.15, 0.2) is 0 Å². The summed E-state index contributed by atoms with van der Waals surface area (Å²) >= 11 is 0. The zero-order chi connectivity index (χ0) is 15.3. The lowest BCUT2D eigenvalue weighted by Crippen LogP contribution is -2.52. The standard InChI is InChI=1S/C11H18N4O5/c12-8(16)5-15(6-9(13)17)11(20)14-3-1-2-7(4-14)10(18)19/h7H,1-6H2,(H2,12,16)(H2,13,17)(H,18,19)/t7-/m1/s1. The lowest BCUT2D eigenvalue weighted by atomic mass is 9.98. The van der Waals surface area contributed by atoms with Crippen molar-refractivity contribution in [1.29, 1.82) is 0 Å². The summed E-state index contributed by atoms with van der Waals surface area (Å²) in [5.41, 5.74) is 10.0. The molecule has 1 fully saturated rings. The molecule has 4 amide bonds. The van der Waals surface area contributed by atoms with Crippen LogP contribution in [-0.2, 0) is 14.4 Å². The summed E-state index contributed by atoms with van der Waals surface area (Å²) in [4.78, 5) is 47.2. The minimum atomic E-state index is -0.973. The predicted octanol–water partition coefficient (Wildman–Crippen LogP) is -1.82. The van der Waals surface area contributed by atoms with Crippen molar-refractivity contribution < 1.29 is 24.3 Å². The molecule has 9 heteroatoms. The van der Waals surface area contributed by atoms with Crippen LogP contribution >= 0.6 is 0 Å². The first kappa shape index (κ1) is 15.7. The number of amides is 4. The van der Waals surface area contributed by atoms with Gasteiger partial charge in [0.15, 0.2) is 0 Å². The number of hydrogen-bond acceptors (Lipinski definition) is 4. The van der Waals surface area contributed by atoms with Crippen molar-refractivity contribution in [2.75, 3.05) is 26.2 Å². The second kappa shape index (κ2) is 6.73. The largest absolute Gasteiger partial charge is 0.481 e. The van der Waals surface area contributed by atoms with E-state index in [9.17, 15) is 19.2 Å². The zero-order valence-electron chi connectivity index (χ0n) is 10.9. The Morgan fingerprint density at radius 1 is 1.15 bits per heavy atom. The molecule has 0 spiro atoms. The van der Waals surface area contributed by atoms with E-state index < -0.39 is 42.8 Å². The highest BCUT2D eigenvalue weighted by Gasteiger charge is 2.31. The second-order valence-corrected chi connectivity index (χ2v) is 4.69. The molecule has 1 rings (SSSR count). The monoisotopic (exact) mass is 286 g/mol. The van der Waals surface area contributed by atoms with Crippen molar-refractivity contribution in [1.82, 2.24) is 9.80 Å². The van der Waals surface area contributed by atoms with Gasteiger partial charge in [-0.1, -0.05) is 0 Å². The molecule has 0 aliphatic carbocycles. The Balaban J connectivity index is 2.74. The summed E-state index contributed by atoms with van der Waals surface area (Å²) < 4.78 is 0. The molecule has 0 bridgehead atoms. The lowest BCUT2D eigenvalue weighted by molar-refractivity contribution is -0.143. The number of carboxylic acids is 1. The number of nitrogens with two attached hydrogens (primary N) is 2. The van der Waals surface area contributed by atoms with Gasteiger partial charge in [-0.25, -0.2) is 4.79 Å². The Kier molecular flexibility index (Phi) is 5.30. The Hall–Kier alpha value is -2.32. The molecule has 1 aliphatic rings. The van der Waals surface area contributed by atoms with Crippen LogP contribution in [0.1, 0.15) is 12.8 Å². The maximum absolute atomic E-state index is 12.2. The number of likely N-dealkylation sites (tertiary alicyclic amines) is 1.